The zero-order valence-electron chi connectivity index (χ0n) is 15.0. The summed E-state index contributed by atoms with van der Waals surface area (Å²) in [6.45, 7) is 3.15. The van der Waals surface area contributed by atoms with Crippen LogP contribution in [-0.4, -0.2) is 30.5 Å². The van der Waals surface area contributed by atoms with Gasteiger partial charge in [-0.05, 0) is 69.5 Å². The molecule has 0 aliphatic heterocycles. The van der Waals surface area contributed by atoms with Gasteiger partial charge in [0, 0.05) is 18.3 Å². The molecule has 0 radical (unpaired) electrons. The molecule has 0 amide bonds. The molecule has 0 spiro atoms. The molecule has 3 nitrogen and oxygen atoms in total. The second-order valence-corrected chi connectivity index (χ2v) is 7.21. The standard InChI is InChI=1S/C21H28N2O/c1-16-8-6-13-21(22-16)24-19-11-7-10-17(14-19)20-12-5-4-9-18(20)15-23(2)3/h6-8,10-11,13-14,18,20H,4-5,9,12,15H2,1-3H3/t18-,20-/m0/s1. The number of aryl methyl sites for hydroxylation is 1. The number of hydrogen-bond acceptors (Lipinski definition) is 3. The summed E-state index contributed by atoms with van der Waals surface area (Å²) in [5.74, 6) is 2.93. The fraction of sp³-hybridized carbons (Fsp3) is 0.476. The van der Waals surface area contributed by atoms with Gasteiger partial charge in [0.1, 0.15) is 5.75 Å². The Hall–Kier alpha value is -1.87. The first-order chi connectivity index (χ1) is 11.6. The van der Waals surface area contributed by atoms with Crippen molar-refractivity contribution in [3.63, 3.8) is 0 Å². The van der Waals surface area contributed by atoms with Gasteiger partial charge in [0.15, 0.2) is 0 Å². The summed E-state index contributed by atoms with van der Waals surface area (Å²) in [5.41, 5.74) is 2.38. The molecule has 1 aliphatic carbocycles. The van der Waals surface area contributed by atoms with Gasteiger partial charge < -0.3 is 9.64 Å². The third kappa shape index (κ3) is 4.35. The van der Waals surface area contributed by atoms with Gasteiger partial charge >= 0.3 is 0 Å². The van der Waals surface area contributed by atoms with Crippen LogP contribution in [0, 0.1) is 12.8 Å². The van der Waals surface area contributed by atoms with Crippen LogP contribution in [0.25, 0.3) is 0 Å². The van der Waals surface area contributed by atoms with Crippen molar-refractivity contribution in [2.45, 2.75) is 38.5 Å². The minimum Gasteiger partial charge on any atom is -0.439 e. The van der Waals surface area contributed by atoms with Crippen molar-refractivity contribution in [3.05, 3.63) is 53.7 Å². The highest BCUT2D eigenvalue weighted by molar-refractivity contribution is 5.34. The molecule has 0 unspecified atom stereocenters. The Labute approximate surface area is 145 Å². The molecule has 1 saturated carbocycles. The van der Waals surface area contributed by atoms with Gasteiger partial charge in [0.2, 0.25) is 5.88 Å². The number of hydrogen-bond donors (Lipinski definition) is 0. The molecule has 128 valence electrons. The maximum absolute atomic E-state index is 5.99. The largest absolute Gasteiger partial charge is 0.439 e. The Morgan fingerprint density at radius 3 is 2.67 bits per heavy atom. The van der Waals surface area contributed by atoms with Crippen LogP contribution in [0.3, 0.4) is 0 Å². The lowest BCUT2D eigenvalue weighted by Crippen LogP contribution is -2.28. The predicted octanol–water partition coefficient (Wildman–Crippen LogP) is 5.02. The quantitative estimate of drug-likeness (QED) is 0.772. The lowest BCUT2D eigenvalue weighted by molar-refractivity contribution is 0.233. The Kier molecular flexibility index (Phi) is 5.52. The number of nitrogens with zero attached hydrogens (tertiary/aromatic N) is 2. The molecular weight excluding hydrogens is 296 g/mol. The summed E-state index contributed by atoms with van der Waals surface area (Å²) in [6, 6.07) is 14.5. The van der Waals surface area contributed by atoms with Crippen LogP contribution in [0.4, 0.5) is 0 Å². The van der Waals surface area contributed by atoms with Crippen LogP contribution < -0.4 is 4.74 Å². The number of benzene rings is 1. The minimum atomic E-state index is 0.634. The van der Waals surface area contributed by atoms with E-state index in [1.165, 1.54) is 31.2 Å². The highest BCUT2D eigenvalue weighted by Crippen LogP contribution is 2.39. The topological polar surface area (TPSA) is 25.4 Å². The second-order valence-electron chi connectivity index (χ2n) is 7.21. The van der Waals surface area contributed by atoms with Crippen molar-refractivity contribution in [1.29, 1.82) is 0 Å². The van der Waals surface area contributed by atoms with Gasteiger partial charge in [-0.25, -0.2) is 4.98 Å². The molecule has 1 aliphatic rings. The first-order valence-electron chi connectivity index (χ1n) is 8.98. The van der Waals surface area contributed by atoms with E-state index in [0.29, 0.717) is 11.8 Å². The lowest BCUT2D eigenvalue weighted by Gasteiger charge is -2.34. The van der Waals surface area contributed by atoms with Gasteiger partial charge in [-0.3, -0.25) is 0 Å². The highest BCUT2D eigenvalue weighted by atomic mass is 16.5. The van der Waals surface area contributed by atoms with Crippen LogP contribution in [0.5, 0.6) is 11.6 Å². The van der Waals surface area contributed by atoms with Crippen LogP contribution in [0.2, 0.25) is 0 Å². The summed E-state index contributed by atoms with van der Waals surface area (Å²) in [4.78, 5) is 6.76. The SMILES string of the molecule is Cc1cccc(Oc2cccc([C@@H]3CCCC[C@H]3CN(C)C)c2)n1. The summed E-state index contributed by atoms with van der Waals surface area (Å²) in [6.07, 6.45) is 5.30. The zero-order valence-corrected chi connectivity index (χ0v) is 15.0. The molecule has 3 heteroatoms. The maximum Gasteiger partial charge on any atom is 0.219 e. The summed E-state index contributed by atoms with van der Waals surface area (Å²) < 4.78 is 5.99. The van der Waals surface area contributed by atoms with Gasteiger partial charge in [-0.15, -0.1) is 0 Å². The fourth-order valence-electron chi connectivity index (χ4n) is 3.84. The summed E-state index contributed by atoms with van der Waals surface area (Å²) in [7, 11) is 4.35. The zero-order chi connectivity index (χ0) is 16.9. The molecule has 0 saturated heterocycles. The highest BCUT2D eigenvalue weighted by Gasteiger charge is 2.27. The van der Waals surface area contributed by atoms with E-state index in [-0.39, 0.29) is 0 Å². The molecule has 3 rings (SSSR count). The van der Waals surface area contributed by atoms with Crippen molar-refractivity contribution in [3.8, 4) is 11.6 Å². The molecule has 2 aromatic rings. The van der Waals surface area contributed by atoms with Gasteiger partial charge in [0.05, 0.1) is 0 Å². The Bertz CT molecular complexity index is 668. The third-order valence-electron chi connectivity index (χ3n) is 4.88. The average molecular weight is 324 g/mol. The van der Waals surface area contributed by atoms with Crippen LogP contribution >= 0.6 is 0 Å². The maximum atomic E-state index is 5.99. The minimum absolute atomic E-state index is 0.634. The van der Waals surface area contributed by atoms with Crippen molar-refractivity contribution < 1.29 is 4.74 Å². The van der Waals surface area contributed by atoms with E-state index in [1.54, 1.807) is 0 Å². The molecule has 1 fully saturated rings. The molecule has 1 aromatic heterocycles. The molecule has 0 bridgehead atoms. The molecule has 1 heterocycles. The molecule has 0 N–H and O–H groups in total. The van der Waals surface area contributed by atoms with Crippen molar-refractivity contribution in [1.82, 2.24) is 9.88 Å². The number of pyridine rings is 1. The smallest absolute Gasteiger partial charge is 0.219 e. The first kappa shape index (κ1) is 17.0. The molecule has 1 aromatic carbocycles. The van der Waals surface area contributed by atoms with E-state index < -0.39 is 0 Å². The van der Waals surface area contributed by atoms with Crippen molar-refractivity contribution >= 4 is 0 Å². The fourth-order valence-corrected chi connectivity index (χ4v) is 3.84. The van der Waals surface area contributed by atoms with Gasteiger partial charge in [-0.1, -0.05) is 31.0 Å². The molecule has 2 atom stereocenters. The Morgan fingerprint density at radius 1 is 1.08 bits per heavy atom. The van der Waals surface area contributed by atoms with Crippen molar-refractivity contribution in [2.75, 3.05) is 20.6 Å². The molecule has 24 heavy (non-hydrogen) atoms. The Balaban J connectivity index is 1.78. The average Bonchev–Trinajstić information content (AvgIpc) is 2.55. The number of ether oxygens (including phenoxy) is 1. The van der Waals surface area contributed by atoms with Crippen LogP contribution in [-0.2, 0) is 0 Å². The third-order valence-corrected chi connectivity index (χ3v) is 4.88. The van der Waals surface area contributed by atoms with Gasteiger partial charge in [0.25, 0.3) is 0 Å². The Morgan fingerprint density at radius 2 is 1.88 bits per heavy atom. The number of aromatic nitrogens is 1. The molecular formula is C21H28N2O. The van der Waals surface area contributed by atoms with Crippen molar-refractivity contribution in [2.24, 2.45) is 5.92 Å². The summed E-state index contributed by atoms with van der Waals surface area (Å²) in [5, 5.41) is 0. The number of rotatable bonds is 5. The summed E-state index contributed by atoms with van der Waals surface area (Å²) >= 11 is 0. The van der Waals surface area contributed by atoms with E-state index in [1.807, 2.05) is 31.2 Å². The normalized spacial score (nSPS) is 21.0. The van der Waals surface area contributed by atoms with E-state index in [0.717, 1.165) is 23.9 Å². The van der Waals surface area contributed by atoms with Gasteiger partial charge in [-0.2, -0.15) is 0 Å². The monoisotopic (exact) mass is 324 g/mol. The van der Waals surface area contributed by atoms with E-state index in [9.17, 15) is 0 Å². The van der Waals surface area contributed by atoms with Crippen LogP contribution in [0.1, 0.15) is 42.9 Å². The van der Waals surface area contributed by atoms with E-state index >= 15 is 0 Å². The lowest BCUT2D eigenvalue weighted by atomic mass is 9.75. The second kappa shape index (κ2) is 7.80. The predicted molar refractivity (Wildman–Crippen MR) is 98.7 cm³/mol. The van der Waals surface area contributed by atoms with Crippen LogP contribution in [0.15, 0.2) is 42.5 Å². The van der Waals surface area contributed by atoms with E-state index in [4.69, 9.17) is 4.74 Å². The van der Waals surface area contributed by atoms with E-state index in [2.05, 4.69) is 42.2 Å². The first-order valence-corrected chi connectivity index (χ1v) is 8.98.